The molecule has 1 aromatic rings. The molecule has 0 aliphatic carbocycles. The molecule has 0 aromatic heterocycles. The van der Waals surface area contributed by atoms with E-state index >= 15 is 0 Å². The molecule has 0 saturated carbocycles. The van der Waals surface area contributed by atoms with Crippen molar-refractivity contribution in [1.29, 1.82) is 0 Å². The van der Waals surface area contributed by atoms with Crippen molar-refractivity contribution in [3.05, 3.63) is 24.3 Å². The van der Waals surface area contributed by atoms with Gasteiger partial charge in [-0.05, 0) is 12.1 Å². The van der Waals surface area contributed by atoms with E-state index in [0.29, 0.717) is 6.61 Å². The van der Waals surface area contributed by atoms with E-state index in [-0.39, 0.29) is 0 Å². The molecule has 1 heterocycles. The molecule has 1 fully saturated rings. The molecule has 1 aromatic carbocycles. The van der Waals surface area contributed by atoms with Gasteiger partial charge in [-0.2, -0.15) is 0 Å². The van der Waals surface area contributed by atoms with Crippen LogP contribution in [0.25, 0.3) is 0 Å². The quantitative estimate of drug-likeness (QED) is 0.793. The third kappa shape index (κ3) is 3.12. The maximum Gasteiger partial charge on any atom is 0.121 e. The number of nitrogens with zero attached hydrogens (tertiary/aromatic N) is 1. The van der Waals surface area contributed by atoms with E-state index in [1.165, 1.54) is 5.69 Å². The molecule has 0 radical (unpaired) electrons. The minimum Gasteiger partial charge on any atom is -0.493 e. The lowest BCUT2D eigenvalue weighted by Gasteiger charge is -2.29. The molecule has 1 saturated heterocycles. The summed E-state index contributed by atoms with van der Waals surface area (Å²) >= 11 is 3.35. The maximum absolute atomic E-state index is 5.58. The van der Waals surface area contributed by atoms with Gasteiger partial charge in [0.1, 0.15) is 5.75 Å². The standard InChI is InChI=1S/C12H16BrNO2/c13-4-7-16-12-3-1-2-11(10-12)14-5-8-15-9-6-14/h1-3,10H,4-9H2. The third-order valence-electron chi connectivity index (χ3n) is 2.54. The lowest BCUT2D eigenvalue weighted by molar-refractivity contribution is 0.122. The highest BCUT2D eigenvalue weighted by Crippen LogP contribution is 2.21. The summed E-state index contributed by atoms with van der Waals surface area (Å²) in [6.07, 6.45) is 0. The van der Waals surface area contributed by atoms with Crippen molar-refractivity contribution in [1.82, 2.24) is 0 Å². The first kappa shape index (κ1) is 11.7. The number of hydrogen-bond donors (Lipinski definition) is 0. The van der Waals surface area contributed by atoms with Crippen LogP contribution in [0.2, 0.25) is 0 Å². The average Bonchev–Trinajstić information content (AvgIpc) is 2.38. The van der Waals surface area contributed by atoms with Crippen molar-refractivity contribution in [3.63, 3.8) is 0 Å². The first-order valence-corrected chi connectivity index (χ1v) is 6.64. The Balaban J connectivity index is 2.02. The molecule has 3 nitrogen and oxygen atoms in total. The largest absolute Gasteiger partial charge is 0.493 e. The van der Waals surface area contributed by atoms with Crippen LogP contribution in [-0.4, -0.2) is 38.2 Å². The Hall–Kier alpha value is -0.740. The van der Waals surface area contributed by atoms with Crippen LogP contribution >= 0.6 is 15.9 Å². The molecule has 0 spiro atoms. The molecule has 4 heteroatoms. The van der Waals surface area contributed by atoms with Crippen molar-refractivity contribution < 1.29 is 9.47 Å². The van der Waals surface area contributed by atoms with Crippen LogP contribution in [0.5, 0.6) is 5.75 Å². The zero-order chi connectivity index (χ0) is 11.2. The molecule has 0 N–H and O–H groups in total. The molecule has 16 heavy (non-hydrogen) atoms. The van der Waals surface area contributed by atoms with Gasteiger partial charge in [0.15, 0.2) is 0 Å². The highest BCUT2D eigenvalue weighted by Gasteiger charge is 2.11. The van der Waals surface area contributed by atoms with Crippen LogP contribution in [0.3, 0.4) is 0 Å². The summed E-state index contributed by atoms with van der Waals surface area (Å²) in [5.41, 5.74) is 1.22. The van der Waals surface area contributed by atoms with Crippen LogP contribution < -0.4 is 9.64 Å². The van der Waals surface area contributed by atoms with E-state index in [1.54, 1.807) is 0 Å². The summed E-state index contributed by atoms with van der Waals surface area (Å²) in [5.74, 6) is 0.934. The fraction of sp³-hybridized carbons (Fsp3) is 0.500. The Morgan fingerprint density at radius 1 is 1.31 bits per heavy atom. The smallest absolute Gasteiger partial charge is 0.121 e. The normalized spacial score (nSPS) is 16.2. The van der Waals surface area contributed by atoms with Crippen molar-refractivity contribution in [2.45, 2.75) is 0 Å². The van der Waals surface area contributed by atoms with Gasteiger partial charge in [0, 0.05) is 30.2 Å². The van der Waals surface area contributed by atoms with Crippen molar-refractivity contribution in [3.8, 4) is 5.75 Å². The van der Waals surface area contributed by atoms with Gasteiger partial charge in [0.05, 0.1) is 19.8 Å². The van der Waals surface area contributed by atoms with Gasteiger partial charge in [-0.25, -0.2) is 0 Å². The summed E-state index contributed by atoms with van der Waals surface area (Å²) < 4.78 is 10.9. The number of benzene rings is 1. The minimum atomic E-state index is 0.701. The molecular formula is C12H16BrNO2. The summed E-state index contributed by atoms with van der Waals surface area (Å²) in [6.45, 7) is 4.25. The van der Waals surface area contributed by atoms with E-state index in [2.05, 4.69) is 33.0 Å². The van der Waals surface area contributed by atoms with Gasteiger partial charge in [-0.15, -0.1) is 0 Å². The monoisotopic (exact) mass is 285 g/mol. The number of hydrogen-bond acceptors (Lipinski definition) is 3. The van der Waals surface area contributed by atoms with Gasteiger partial charge >= 0.3 is 0 Å². The van der Waals surface area contributed by atoms with Crippen LogP contribution in [0.15, 0.2) is 24.3 Å². The molecule has 0 amide bonds. The number of halogens is 1. The second-order valence-electron chi connectivity index (χ2n) is 3.63. The number of morpholine rings is 1. The van der Waals surface area contributed by atoms with E-state index in [1.807, 2.05) is 12.1 Å². The number of rotatable bonds is 4. The number of alkyl halides is 1. The molecule has 0 unspecified atom stereocenters. The Bertz CT molecular complexity index is 327. The predicted octanol–water partition coefficient (Wildman–Crippen LogP) is 2.30. The topological polar surface area (TPSA) is 21.7 Å². The first-order chi connectivity index (χ1) is 7.90. The second kappa shape index (κ2) is 6.11. The maximum atomic E-state index is 5.58. The van der Waals surface area contributed by atoms with Gasteiger partial charge < -0.3 is 14.4 Å². The van der Waals surface area contributed by atoms with Crippen LogP contribution in [0, 0.1) is 0 Å². The molecule has 1 aliphatic heterocycles. The summed E-state index contributed by atoms with van der Waals surface area (Å²) in [4.78, 5) is 2.32. The average molecular weight is 286 g/mol. The van der Waals surface area contributed by atoms with Gasteiger partial charge in [0.2, 0.25) is 0 Å². The summed E-state index contributed by atoms with van der Waals surface area (Å²) in [7, 11) is 0. The van der Waals surface area contributed by atoms with E-state index in [0.717, 1.165) is 37.4 Å². The van der Waals surface area contributed by atoms with E-state index in [9.17, 15) is 0 Å². The first-order valence-electron chi connectivity index (χ1n) is 5.51. The van der Waals surface area contributed by atoms with Gasteiger partial charge in [-0.1, -0.05) is 22.0 Å². The lowest BCUT2D eigenvalue weighted by Crippen LogP contribution is -2.36. The highest BCUT2D eigenvalue weighted by molar-refractivity contribution is 9.09. The third-order valence-corrected chi connectivity index (χ3v) is 2.86. The fourth-order valence-corrected chi connectivity index (χ4v) is 1.91. The Morgan fingerprint density at radius 3 is 2.88 bits per heavy atom. The SMILES string of the molecule is BrCCOc1cccc(N2CCOCC2)c1. The Kier molecular flexibility index (Phi) is 4.48. The van der Waals surface area contributed by atoms with Crippen molar-refractivity contribution >= 4 is 21.6 Å². The molecule has 0 atom stereocenters. The molecule has 1 aliphatic rings. The number of ether oxygens (including phenoxy) is 2. The minimum absolute atomic E-state index is 0.701. The van der Waals surface area contributed by atoms with Gasteiger partial charge in [0.25, 0.3) is 0 Å². The van der Waals surface area contributed by atoms with Gasteiger partial charge in [-0.3, -0.25) is 0 Å². The van der Waals surface area contributed by atoms with E-state index < -0.39 is 0 Å². The Morgan fingerprint density at radius 2 is 2.12 bits per heavy atom. The van der Waals surface area contributed by atoms with Crippen LogP contribution in [0.1, 0.15) is 0 Å². The predicted molar refractivity (Wildman–Crippen MR) is 68.8 cm³/mol. The van der Waals surface area contributed by atoms with Crippen LogP contribution in [-0.2, 0) is 4.74 Å². The Labute approximate surface area is 104 Å². The lowest BCUT2D eigenvalue weighted by atomic mass is 10.2. The molecular weight excluding hydrogens is 270 g/mol. The molecule has 0 bridgehead atoms. The van der Waals surface area contributed by atoms with E-state index in [4.69, 9.17) is 9.47 Å². The summed E-state index contributed by atoms with van der Waals surface area (Å²) in [5, 5.41) is 0.856. The molecule has 88 valence electrons. The van der Waals surface area contributed by atoms with Crippen molar-refractivity contribution in [2.24, 2.45) is 0 Å². The zero-order valence-corrected chi connectivity index (χ0v) is 10.8. The van der Waals surface area contributed by atoms with Crippen molar-refractivity contribution in [2.75, 3.05) is 43.1 Å². The second-order valence-corrected chi connectivity index (χ2v) is 4.43. The molecule has 2 rings (SSSR count). The number of anilines is 1. The fourth-order valence-electron chi connectivity index (χ4n) is 1.75. The highest BCUT2D eigenvalue weighted by atomic mass is 79.9. The van der Waals surface area contributed by atoms with Crippen LogP contribution in [0.4, 0.5) is 5.69 Å². The zero-order valence-electron chi connectivity index (χ0n) is 9.19. The summed E-state index contributed by atoms with van der Waals surface area (Å²) in [6, 6.07) is 8.24.